The number of nitrogens with zero attached hydrogens (tertiary/aromatic N) is 1. The van der Waals surface area contributed by atoms with Gasteiger partial charge in [-0.15, -0.1) is 0 Å². The summed E-state index contributed by atoms with van der Waals surface area (Å²) in [4.78, 5) is 37.4. The van der Waals surface area contributed by atoms with E-state index in [1.54, 1.807) is 0 Å². The van der Waals surface area contributed by atoms with Gasteiger partial charge in [-0.1, -0.05) is 268 Å². The Balaban J connectivity index is 4.07. The molecule has 0 saturated heterocycles. The number of allylic oxidation sites excluding steroid dienone is 8. The first kappa shape index (κ1) is 74.2. The zero-order valence-electron chi connectivity index (χ0n) is 51.3. The number of carbonyl (C=O) groups excluding carboxylic acids is 3. The monoisotopic (exact) mass is 1080 g/mol. The van der Waals surface area contributed by atoms with E-state index in [-0.39, 0.29) is 32.2 Å². The lowest BCUT2D eigenvalue weighted by Gasteiger charge is -2.26. The largest absolute Gasteiger partial charge is 0.545 e. The SMILES string of the molecule is CCCCC/C=C\C/C=C\C/C=C\CCCCCCCCC(=O)OC(COC(=O)CCCCCCCCCCCCCCCCCCCCCCC/C=C\CCCCCCCCCC)COC(OCC[N+](C)(C)C)C(=O)[O-]. The number of carboxylic acid groups (broad SMARTS) is 1. The lowest BCUT2D eigenvalue weighted by Crippen LogP contribution is -2.44. The van der Waals surface area contributed by atoms with Gasteiger partial charge < -0.3 is 33.3 Å². The number of likely N-dealkylation sites (N-methyl/N-ethyl adjacent to an activating group) is 1. The number of carboxylic acids is 1. The number of unbranched alkanes of at least 4 members (excludes halogenated alkanes) is 38. The first-order chi connectivity index (χ1) is 37.6. The summed E-state index contributed by atoms with van der Waals surface area (Å²) in [5, 5.41) is 11.8. The number of aliphatic carboxylic acids is 1. The lowest BCUT2D eigenvalue weighted by atomic mass is 10.0. The molecule has 0 radical (unpaired) electrons. The van der Waals surface area contributed by atoms with Gasteiger partial charge in [0.15, 0.2) is 12.4 Å². The second-order valence-electron chi connectivity index (χ2n) is 23.4. The van der Waals surface area contributed by atoms with Crippen molar-refractivity contribution >= 4 is 17.9 Å². The van der Waals surface area contributed by atoms with Gasteiger partial charge in [-0.25, -0.2) is 0 Å². The Bertz CT molecular complexity index is 1400. The number of rotatable bonds is 61. The summed E-state index contributed by atoms with van der Waals surface area (Å²) in [5.41, 5.74) is 0. The van der Waals surface area contributed by atoms with Gasteiger partial charge in [0.2, 0.25) is 0 Å². The summed E-state index contributed by atoms with van der Waals surface area (Å²) in [6.45, 7) is 4.74. The predicted molar refractivity (Wildman–Crippen MR) is 325 cm³/mol. The maximum absolute atomic E-state index is 12.9. The van der Waals surface area contributed by atoms with E-state index in [1.807, 2.05) is 21.1 Å². The summed E-state index contributed by atoms with van der Waals surface area (Å²) < 4.78 is 22.7. The van der Waals surface area contributed by atoms with Crippen LogP contribution >= 0.6 is 0 Å². The molecule has 0 amide bonds. The van der Waals surface area contributed by atoms with Crippen LogP contribution in [-0.2, 0) is 33.3 Å². The van der Waals surface area contributed by atoms with Crippen LogP contribution in [0.25, 0.3) is 0 Å². The van der Waals surface area contributed by atoms with Crippen molar-refractivity contribution in [2.75, 3.05) is 47.5 Å². The highest BCUT2D eigenvalue weighted by atomic mass is 16.7. The smallest absolute Gasteiger partial charge is 0.306 e. The van der Waals surface area contributed by atoms with Crippen LogP contribution in [0, 0.1) is 0 Å². The number of quaternary nitrogens is 1. The molecule has 0 aliphatic heterocycles. The molecule has 0 saturated carbocycles. The minimum Gasteiger partial charge on any atom is -0.545 e. The first-order valence-corrected chi connectivity index (χ1v) is 32.8. The van der Waals surface area contributed by atoms with E-state index in [0.29, 0.717) is 23.9 Å². The molecule has 0 rings (SSSR count). The minimum atomic E-state index is -1.63. The summed E-state index contributed by atoms with van der Waals surface area (Å²) in [6, 6.07) is 0. The fourth-order valence-corrected chi connectivity index (χ4v) is 9.48. The van der Waals surface area contributed by atoms with Crippen LogP contribution in [0.4, 0.5) is 0 Å². The van der Waals surface area contributed by atoms with E-state index in [9.17, 15) is 19.5 Å². The van der Waals surface area contributed by atoms with Gasteiger partial charge in [0, 0.05) is 12.8 Å². The van der Waals surface area contributed by atoms with E-state index >= 15 is 0 Å². The van der Waals surface area contributed by atoms with E-state index in [2.05, 4.69) is 62.5 Å². The molecule has 0 fully saturated rings. The van der Waals surface area contributed by atoms with Gasteiger partial charge >= 0.3 is 11.9 Å². The average Bonchev–Trinajstić information content (AvgIpc) is 3.40. The molecule has 0 N–H and O–H groups in total. The Morgan fingerprint density at radius 1 is 0.390 bits per heavy atom. The van der Waals surface area contributed by atoms with Crippen molar-refractivity contribution in [1.29, 1.82) is 0 Å². The second-order valence-corrected chi connectivity index (χ2v) is 23.4. The normalized spacial score (nSPS) is 13.0. The molecule has 0 aromatic rings. The zero-order valence-corrected chi connectivity index (χ0v) is 51.3. The van der Waals surface area contributed by atoms with E-state index in [4.69, 9.17) is 18.9 Å². The number of ether oxygens (including phenoxy) is 4. The zero-order chi connectivity index (χ0) is 56.2. The van der Waals surface area contributed by atoms with Crippen molar-refractivity contribution < 1.29 is 42.9 Å². The third kappa shape index (κ3) is 60.7. The van der Waals surface area contributed by atoms with Gasteiger partial charge in [-0.05, 0) is 77.0 Å². The average molecular weight is 1080 g/mol. The third-order valence-electron chi connectivity index (χ3n) is 14.5. The molecule has 9 heteroatoms. The third-order valence-corrected chi connectivity index (χ3v) is 14.5. The fraction of sp³-hybridized carbons (Fsp3) is 0.838. The Morgan fingerprint density at radius 3 is 1.08 bits per heavy atom. The van der Waals surface area contributed by atoms with Crippen LogP contribution in [0.3, 0.4) is 0 Å². The minimum absolute atomic E-state index is 0.145. The van der Waals surface area contributed by atoms with Gasteiger partial charge in [-0.2, -0.15) is 0 Å². The van der Waals surface area contributed by atoms with Crippen LogP contribution in [0.1, 0.15) is 309 Å². The quantitative estimate of drug-likeness (QED) is 0.0195. The van der Waals surface area contributed by atoms with Crippen molar-refractivity contribution in [3.63, 3.8) is 0 Å². The molecule has 450 valence electrons. The Kier molecular flexibility index (Phi) is 57.3. The number of esters is 2. The summed E-state index contributed by atoms with van der Waals surface area (Å²) in [5.74, 6) is -2.29. The van der Waals surface area contributed by atoms with Crippen LogP contribution in [0.5, 0.6) is 0 Å². The molecule has 9 nitrogen and oxygen atoms in total. The molecule has 0 aliphatic rings. The molecule has 2 atom stereocenters. The Morgan fingerprint density at radius 2 is 0.701 bits per heavy atom. The maximum Gasteiger partial charge on any atom is 0.306 e. The molecule has 0 spiro atoms. The van der Waals surface area contributed by atoms with E-state index in [1.165, 1.54) is 205 Å². The van der Waals surface area contributed by atoms with Crippen molar-refractivity contribution in [2.24, 2.45) is 0 Å². The second kappa shape index (κ2) is 59.4. The van der Waals surface area contributed by atoms with Crippen LogP contribution in [-0.4, -0.2) is 82.3 Å². The van der Waals surface area contributed by atoms with Crippen LogP contribution in [0.15, 0.2) is 48.6 Å². The number of hydrogen-bond donors (Lipinski definition) is 0. The molecular formula is C68H125NO8. The molecule has 77 heavy (non-hydrogen) atoms. The molecule has 2 unspecified atom stereocenters. The molecule has 0 heterocycles. The van der Waals surface area contributed by atoms with E-state index < -0.39 is 24.3 Å². The van der Waals surface area contributed by atoms with Gasteiger partial charge in [0.1, 0.15) is 13.2 Å². The van der Waals surface area contributed by atoms with E-state index in [0.717, 1.165) is 70.6 Å². The standard InChI is InChI=1S/C68H125NO8/c1-6-8-10-12-14-16-18-20-22-24-26-27-28-29-30-31-32-33-34-35-36-37-38-39-41-42-44-46-48-50-52-54-56-58-65(70)75-62-64(63-76-68(67(72)73)74-61-60-69(3,4)5)77-66(71)59-57-55-53-51-49-47-45-43-40-25-23-21-19-17-15-13-11-9-7-2/h15,17,21,23-24,26,40,43,64,68H,6-14,16,18-20,22,25,27-39,41-42,44-63H2,1-5H3/b17-15-,23-21-,26-24-,43-40-. The van der Waals surface area contributed by atoms with Crippen molar-refractivity contribution in [1.82, 2.24) is 0 Å². The predicted octanol–water partition coefficient (Wildman–Crippen LogP) is 18.5. The fourth-order valence-electron chi connectivity index (χ4n) is 9.48. The Hall–Kier alpha value is -2.75. The van der Waals surface area contributed by atoms with Gasteiger partial charge in [0.25, 0.3) is 0 Å². The lowest BCUT2D eigenvalue weighted by molar-refractivity contribution is -0.870. The highest BCUT2D eigenvalue weighted by Crippen LogP contribution is 2.17. The summed E-state index contributed by atoms with van der Waals surface area (Å²) >= 11 is 0. The molecule has 0 bridgehead atoms. The van der Waals surface area contributed by atoms with Crippen LogP contribution in [0.2, 0.25) is 0 Å². The van der Waals surface area contributed by atoms with Gasteiger partial charge in [-0.3, -0.25) is 9.59 Å². The highest BCUT2D eigenvalue weighted by Gasteiger charge is 2.22. The number of hydrogen-bond acceptors (Lipinski definition) is 8. The first-order valence-electron chi connectivity index (χ1n) is 32.8. The topological polar surface area (TPSA) is 111 Å². The molecule has 0 aromatic carbocycles. The summed E-state index contributed by atoms with van der Waals surface area (Å²) in [6.07, 6.45) is 71.9. The van der Waals surface area contributed by atoms with Crippen LogP contribution < -0.4 is 5.11 Å². The molecular weight excluding hydrogens is 959 g/mol. The Labute approximate surface area is 476 Å². The highest BCUT2D eigenvalue weighted by molar-refractivity contribution is 5.70. The van der Waals surface area contributed by atoms with Crippen molar-refractivity contribution in [2.45, 2.75) is 322 Å². The van der Waals surface area contributed by atoms with Gasteiger partial charge in [0.05, 0.1) is 40.3 Å². The van der Waals surface area contributed by atoms with Crippen molar-refractivity contribution in [3.8, 4) is 0 Å². The van der Waals surface area contributed by atoms with Crippen molar-refractivity contribution in [3.05, 3.63) is 48.6 Å². The number of carbonyl (C=O) groups is 3. The molecule has 0 aromatic heterocycles. The molecule has 0 aliphatic carbocycles. The maximum atomic E-state index is 12.9. The summed E-state index contributed by atoms with van der Waals surface area (Å²) in [7, 11) is 5.93.